The molecule has 1 atom stereocenters. The summed E-state index contributed by atoms with van der Waals surface area (Å²) in [5, 5.41) is 11.3. The van der Waals surface area contributed by atoms with Crippen LogP contribution in [0.2, 0.25) is 0 Å². The number of aliphatic hydroxyl groups is 1. The van der Waals surface area contributed by atoms with Gasteiger partial charge >= 0.3 is 0 Å². The second-order valence-electron chi connectivity index (χ2n) is 8.01. The summed E-state index contributed by atoms with van der Waals surface area (Å²) in [6, 6.07) is 21.4. The second kappa shape index (κ2) is 9.33. The van der Waals surface area contributed by atoms with E-state index in [1.807, 2.05) is 68.4 Å². The number of hydrogen-bond donors (Lipinski definition) is 1. The van der Waals surface area contributed by atoms with Gasteiger partial charge in [-0.25, -0.2) is 0 Å². The van der Waals surface area contributed by atoms with Crippen molar-refractivity contribution in [1.82, 2.24) is 0 Å². The molecule has 3 aromatic rings. The number of ketones is 1. The fourth-order valence-corrected chi connectivity index (χ4v) is 4.21. The standard InChI is InChI=1S/C28H27NO4/c1-4-19-11-14-22(15-12-19)29-25(20-9-7-6-8-10-20)24(27(31)28(29)32)26(30)21-13-16-23(33-5-2)18(3)17-21/h6-17,25,30H,4-5H2,1-3H3/b26-24-. The van der Waals surface area contributed by atoms with Gasteiger partial charge in [0.2, 0.25) is 0 Å². The number of benzene rings is 3. The Labute approximate surface area is 193 Å². The number of nitrogens with zero attached hydrogens (tertiary/aromatic N) is 1. The van der Waals surface area contributed by atoms with Crippen molar-refractivity contribution in [1.29, 1.82) is 0 Å². The molecule has 0 radical (unpaired) electrons. The van der Waals surface area contributed by atoms with Crippen LogP contribution in [0.4, 0.5) is 5.69 Å². The topological polar surface area (TPSA) is 66.8 Å². The van der Waals surface area contributed by atoms with Gasteiger partial charge in [0.15, 0.2) is 0 Å². The number of anilines is 1. The third-order valence-electron chi connectivity index (χ3n) is 5.93. The Morgan fingerprint density at radius 1 is 0.970 bits per heavy atom. The zero-order valence-corrected chi connectivity index (χ0v) is 19.0. The van der Waals surface area contributed by atoms with Crippen LogP contribution in [0.1, 0.15) is 42.1 Å². The number of aliphatic hydroxyl groups excluding tert-OH is 1. The van der Waals surface area contributed by atoms with E-state index in [1.165, 1.54) is 4.90 Å². The fraction of sp³-hybridized carbons (Fsp3) is 0.214. The molecule has 0 aromatic heterocycles. The molecule has 33 heavy (non-hydrogen) atoms. The van der Waals surface area contributed by atoms with Crippen LogP contribution in [0.15, 0.2) is 78.4 Å². The Morgan fingerprint density at radius 2 is 1.67 bits per heavy atom. The smallest absolute Gasteiger partial charge is 0.300 e. The molecule has 0 bridgehead atoms. The minimum Gasteiger partial charge on any atom is -0.507 e. The first-order chi connectivity index (χ1) is 16.0. The van der Waals surface area contributed by atoms with Crippen molar-refractivity contribution in [3.05, 3.63) is 101 Å². The van der Waals surface area contributed by atoms with Crippen LogP contribution in [0.25, 0.3) is 5.76 Å². The van der Waals surface area contributed by atoms with Crippen molar-refractivity contribution in [2.45, 2.75) is 33.2 Å². The van der Waals surface area contributed by atoms with E-state index in [-0.39, 0.29) is 11.3 Å². The molecule has 0 saturated carbocycles. The normalized spacial score (nSPS) is 17.4. The molecule has 1 saturated heterocycles. The molecular weight excluding hydrogens is 414 g/mol. The molecule has 1 heterocycles. The maximum Gasteiger partial charge on any atom is 0.300 e. The number of ether oxygens (including phenoxy) is 1. The highest BCUT2D eigenvalue weighted by Gasteiger charge is 2.46. The highest BCUT2D eigenvalue weighted by Crippen LogP contribution is 2.42. The third kappa shape index (κ3) is 4.14. The average molecular weight is 442 g/mol. The van der Waals surface area contributed by atoms with Crippen LogP contribution >= 0.6 is 0 Å². The average Bonchev–Trinajstić information content (AvgIpc) is 3.11. The molecule has 0 spiro atoms. The van der Waals surface area contributed by atoms with Gasteiger partial charge in [0.25, 0.3) is 11.7 Å². The summed E-state index contributed by atoms with van der Waals surface area (Å²) < 4.78 is 5.59. The Morgan fingerprint density at radius 3 is 2.27 bits per heavy atom. The minimum atomic E-state index is -0.731. The molecule has 1 unspecified atom stereocenters. The second-order valence-corrected chi connectivity index (χ2v) is 8.01. The van der Waals surface area contributed by atoms with Gasteiger partial charge in [0, 0.05) is 11.3 Å². The van der Waals surface area contributed by atoms with Gasteiger partial charge in [-0.3, -0.25) is 14.5 Å². The SMILES string of the molecule is CCOc1ccc(/C(O)=C2/C(=O)C(=O)N(c3ccc(CC)cc3)C2c2ccccc2)cc1C. The molecule has 5 heteroatoms. The molecular formula is C28H27NO4. The summed E-state index contributed by atoms with van der Waals surface area (Å²) in [5.41, 5.74) is 3.88. The first-order valence-corrected chi connectivity index (χ1v) is 11.1. The molecule has 3 aromatic carbocycles. The fourth-order valence-electron chi connectivity index (χ4n) is 4.21. The van der Waals surface area contributed by atoms with Gasteiger partial charge in [-0.05, 0) is 67.3 Å². The van der Waals surface area contributed by atoms with E-state index in [0.717, 1.165) is 23.1 Å². The summed E-state index contributed by atoms with van der Waals surface area (Å²) >= 11 is 0. The lowest BCUT2D eigenvalue weighted by Crippen LogP contribution is -2.29. The maximum atomic E-state index is 13.2. The van der Waals surface area contributed by atoms with E-state index < -0.39 is 17.7 Å². The molecule has 168 valence electrons. The third-order valence-corrected chi connectivity index (χ3v) is 5.93. The van der Waals surface area contributed by atoms with Crippen molar-refractivity contribution in [2.24, 2.45) is 0 Å². The highest BCUT2D eigenvalue weighted by atomic mass is 16.5. The molecule has 4 rings (SSSR count). The summed E-state index contributed by atoms with van der Waals surface area (Å²) in [7, 11) is 0. The van der Waals surface area contributed by atoms with Crippen LogP contribution in [-0.2, 0) is 16.0 Å². The first-order valence-electron chi connectivity index (χ1n) is 11.1. The van der Waals surface area contributed by atoms with Gasteiger partial charge in [-0.1, -0.05) is 49.4 Å². The monoisotopic (exact) mass is 441 g/mol. The Bertz CT molecular complexity index is 1210. The summed E-state index contributed by atoms with van der Waals surface area (Å²) in [6.45, 7) is 6.37. The summed E-state index contributed by atoms with van der Waals surface area (Å²) in [5.74, 6) is -0.837. The van der Waals surface area contributed by atoms with Crippen molar-refractivity contribution >= 4 is 23.1 Å². The van der Waals surface area contributed by atoms with Gasteiger partial charge in [-0.15, -0.1) is 0 Å². The van der Waals surface area contributed by atoms with Gasteiger partial charge in [-0.2, -0.15) is 0 Å². The van der Waals surface area contributed by atoms with Crippen molar-refractivity contribution in [3.63, 3.8) is 0 Å². The van der Waals surface area contributed by atoms with E-state index in [4.69, 9.17) is 4.74 Å². The van der Waals surface area contributed by atoms with Crippen LogP contribution < -0.4 is 9.64 Å². The van der Waals surface area contributed by atoms with Gasteiger partial charge < -0.3 is 9.84 Å². The zero-order chi connectivity index (χ0) is 23.5. The quantitative estimate of drug-likeness (QED) is 0.308. The number of hydrogen-bond acceptors (Lipinski definition) is 4. The van der Waals surface area contributed by atoms with Crippen LogP contribution in [0.3, 0.4) is 0 Å². The number of aryl methyl sites for hydroxylation is 2. The molecule has 1 amide bonds. The lowest BCUT2D eigenvalue weighted by Gasteiger charge is -2.25. The van der Waals surface area contributed by atoms with Gasteiger partial charge in [0.05, 0.1) is 18.2 Å². The first kappa shape index (κ1) is 22.3. The summed E-state index contributed by atoms with van der Waals surface area (Å²) in [4.78, 5) is 27.9. The van der Waals surface area contributed by atoms with E-state index in [9.17, 15) is 14.7 Å². The predicted molar refractivity (Wildman–Crippen MR) is 129 cm³/mol. The maximum absolute atomic E-state index is 13.2. The molecule has 5 nitrogen and oxygen atoms in total. The van der Waals surface area contributed by atoms with E-state index in [0.29, 0.717) is 23.6 Å². The van der Waals surface area contributed by atoms with Crippen molar-refractivity contribution in [3.8, 4) is 5.75 Å². The van der Waals surface area contributed by atoms with Gasteiger partial charge in [0.1, 0.15) is 11.5 Å². The predicted octanol–water partition coefficient (Wildman–Crippen LogP) is 5.58. The molecule has 0 aliphatic carbocycles. The lowest BCUT2D eigenvalue weighted by molar-refractivity contribution is -0.132. The number of amides is 1. The van der Waals surface area contributed by atoms with E-state index in [2.05, 4.69) is 6.92 Å². The summed E-state index contributed by atoms with van der Waals surface area (Å²) in [6.07, 6.45) is 0.873. The zero-order valence-electron chi connectivity index (χ0n) is 19.0. The number of carbonyl (C=O) groups is 2. The van der Waals surface area contributed by atoms with Crippen LogP contribution in [0, 0.1) is 6.92 Å². The highest BCUT2D eigenvalue weighted by molar-refractivity contribution is 6.51. The molecule has 1 fully saturated rings. The Hall–Kier alpha value is -3.86. The largest absolute Gasteiger partial charge is 0.507 e. The minimum absolute atomic E-state index is 0.0781. The molecule has 1 aliphatic heterocycles. The Kier molecular flexibility index (Phi) is 6.31. The molecule has 1 aliphatic rings. The number of Topliss-reactive ketones (excluding diaryl/α,β-unsaturated/α-hetero) is 1. The van der Waals surface area contributed by atoms with E-state index in [1.54, 1.807) is 18.2 Å². The van der Waals surface area contributed by atoms with E-state index >= 15 is 0 Å². The number of rotatable bonds is 6. The number of carbonyl (C=O) groups excluding carboxylic acids is 2. The lowest BCUT2D eigenvalue weighted by atomic mass is 9.94. The van der Waals surface area contributed by atoms with Crippen molar-refractivity contribution < 1.29 is 19.4 Å². The molecule has 1 N–H and O–H groups in total. The van der Waals surface area contributed by atoms with Crippen LogP contribution in [0.5, 0.6) is 5.75 Å². The van der Waals surface area contributed by atoms with Crippen molar-refractivity contribution in [2.75, 3.05) is 11.5 Å². The Balaban J connectivity index is 1.88. The van der Waals surface area contributed by atoms with Crippen LogP contribution in [-0.4, -0.2) is 23.4 Å².